The van der Waals surface area contributed by atoms with Crippen LogP contribution in [0.25, 0.3) is 16.8 Å². The van der Waals surface area contributed by atoms with Crippen LogP contribution in [0.2, 0.25) is 0 Å². The van der Waals surface area contributed by atoms with Crippen LogP contribution >= 0.6 is 0 Å². The molecule has 15 heavy (non-hydrogen) atoms. The lowest BCUT2D eigenvalue weighted by Gasteiger charge is -2.09. The third-order valence-electron chi connectivity index (χ3n) is 2.99. The summed E-state index contributed by atoms with van der Waals surface area (Å²) in [6.45, 7) is 0. The van der Waals surface area contributed by atoms with Crippen molar-refractivity contribution in [1.29, 1.82) is 0 Å². The molecule has 0 aromatic heterocycles. The molecular formula is C14H12O. The SMILES string of the molecule is COc1cccc2ccc3c(c12)CC=C3. The first-order valence-corrected chi connectivity index (χ1v) is 5.15. The molecule has 1 heteroatoms. The Labute approximate surface area is 89.0 Å². The molecule has 74 valence electrons. The fourth-order valence-corrected chi connectivity index (χ4v) is 2.28. The average molecular weight is 196 g/mol. The van der Waals surface area contributed by atoms with E-state index in [9.17, 15) is 0 Å². The van der Waals surface area contributed by atoms with Crippen molar-refractivity contribution in [2.75, 3.05) is 7.11 Å². The minimum absolute atomic E-state index is 0.980. The number of allylic oxidation sites excluding steroid dienone is 1. The lowest BCUT2D eigenvalue weighted by molar-refractivity contribution is 0.419. The minimum Gasteiger partial charge on any atom is -0.496 e. The number of hydrogen-bond acceptors (Lipinski definition) is 1. The second-order valence-corrected chi connectivity index (χ2v) is 3.80. The van der Waals surface area contributed by atoms with E-state index in [1.807, 2.05) is 12.1 Å². The fraction of sp³-hybridized carbons (Fsp3) is 0.143. The Balaban J connectivity index is 2.43. The van der Waals surface area contributed by atoms with Crippen LogP contribution < -0.4 is 4.74 Å². The molecule has 2 aromatic rings. The van der Waals surface area contributed by atoms with Gasteiger partial charge in [0.1, 0.15) is 5.75 Å². The highest BCUT2D eigenvalue weighted by Crippen LogP contribution is 2.34. The van der Waals surface area contributed by atoms with Crippen molar-refractivity contribution in [3.8, 4) is 5.75 Å². The highest BCUT2D eigenvalue weighted by Gasteiger charge is 2.12. The molecule has 2 aromatic carbocycles. The maximum absolute atomic E-state index is 5.42. The van der Waals surface area contributed by atoms with Gasteiger partial charge in [0, 0.05) is 5.39 Å². The Morgan fingerprint density at radius 3 is 2.93 bits per heavy atom. The average Bonchev–Trinajstić information content (AvgIpc) is 2.76. The van der Waals surface area contributed by atoms with Crippen molar-refractivity contribution in [2.24, 2.45) is 0 Å². The van der Waals surface area contributed by atoms with E-state index in [-0.39, 0.29) is 0 Å². The number of methoxy groups -OCH3 is 1. The van der Waals surface area contributed by atoms with Gasteiger partial charge in [-0.1, -0.05) is 36.4 Å². The predicted molar refractivity (Wildman–Crippen MR) is 63.2 cm³/mol. The summed E-state index contributed by atoms with van der Waals surface area (Å²) in [6, 6.07) is 10.5. The summed E-state index contributed by atoms with van der Waals surface area (Å²) < 4.78 is 5.42. The maximum Gasteiger partial charge on any atom is 0.126 e. The van der Waals surface area contributed by atoms with Gasteiger partial charge in [-0.05, 0) is 29.0 Å². The van der Waals surface area contributed by atoms with E-state index < -0.39 is 0 Å². The van der Waals surface area contributed by atoms with E-state index >= 15 is 0 Å². The molecule has 0 saturated heterocycles. The Morgan fingerprint density at radius 1 is 1.13 bits per heavy atom. The van der Waals surface area contributed by atoms with Crippen LogP contribution in [0.1, 0.15) is 11.1 Å². The Bertz CT molecular complexity index is 553. The molecule has 0 fully saturated rings. The molecule has 0 N–H and O–H groups in total. The van der Waals surface area contributed by atoms with Gasteiger partial charge in [0.15, 0.2) is 0 Å². The maximum atomic E-state index is 5.42. The van der Waals surface area contributed by atoms with Gasteiger partial charge in [-0.15, -0.1) is 0 Å². The number of hydrogen-bond donors (Lipinski definition) is 0. The topological polar surface area (TPSA) is 9.23 Å². The summed E-state index contributed by atoms with van der Waals surface area (Å²) in [5.74, 6) is 0.980. The number of fused-ring (bicyclic) bond motifs is 3. The molecule has 0 radical (unpaired) electrons. The quantitative estimate of drug-likeness (QED) is 0.679. The van der Waals surface area contributed by atoms with Gasteiger partial charge in [-0.3, -0.25) is 0 Å². The third-order valence-corrected chi connectivity index (χ3v) is 2.99. The standard InChI is InChI=1S/C14H12O/c1-15-13-7-3-5-11-9-8-10-4-2-6-12(10)14(11)13/h2-5,7-9H,6H2,1H3. The van der Waals surface area contributed by atoms with Crippen LogP contribution in [0.4, 0.5) is 0 Å². The second kappa shape index (κ2) is 3.13. The van der Waals surface area contributed by atoms with Crippen molar-refractivity contribution >= 4 is 16.8 Å². The highest BCUT2D eigenvalue weighted by atomic mass is 16.5. The lowest BCUT2D eigenvalue weighted by Crippen LogP contribution is -1.90. The Kier molecular flexibility index (Phi) is 1.78. The minimum atomic E-state index is 0.980. The molecule has 1 nitrogen and oxygen atoms in total. The van der Waals surface area contributed by atoms with E-state index in [2.05, 4.69) is 30.4 Å². The molecule has 3 rings (SSSR count). The number of rotatable bonds is 1. The molecule has 1 aliphatic carbocycles. The summed E-state index contributed by atoms with van der Waals surface area (Å²) in [4.78, 5) is 0. The zero-order valence-corrected chi connectivity index (χ0v) is 8.66. The number of benzene rings is 2. The Hall–Kier alpha value is -1.76. The first-order chi connectivity index (χ1) is 7.40. The fourth-order valence-electron chi connectivity index (χ4n) is 2.28. The van der Waals surface area contributed by atoms with Gasteiger partial charge < -0.3 is 4.74 Å². The second-order valence-electron chi connectivity index (χ2n) is 3.80. The summed E-state index contributed by atoms with van der Waals surface area (Å²) >= 11 is 0. The van der Waals surface area contributed by atoms with Gasteiger partial charge >= 0.3 is 0 Å². The van der Waals surface area contributed by atoms with Crippen LogP contribution in [0, 0.1) is 0 Å². The lowest BCUT2D eigenvalue weighted by atomic mass is 10.00. The van der Waals surface area contributed by atoms with E-state index in [0.717, 1.165) is 12.2 Å². The van der Waals surface area contributed by atoms with Crippen molar-refractivity contribution in [2.45, 2.75) is 6.42 Å². The molecule has 0 heterocycles. The normalized spacial score (nSPS) is 13.1. The van der Waals surface area contributed by atoms with E-state index in [4.69, 9.17) is 4.74 Å². The van der Waals surface area contributed by atoms with Crippen LogP contribution in [-0.2, 0) is 6.42 Å². The molecular weight excluding hydrogens is 184 g/mol. The largest absolute Gasteiger partial charge is 0.496 e. The zero-order chi connectivity index (χ0) is 10.3. The molecule has 1 aliphatic rings. The van der Waals surface area contributed by atoms with Gasteiger partial charge in [-0.25, -0.2) is 0 Å². The summed E-state index contributed by atoms with van der Waals surface area (Å²) in [5, 5.41) is 2.53. The van der Waals surface area contributed by atoms with E-state index in [1.54, 1.807) is 7.11 Å². The first-order valence-electron chi connectivity index (χ1n) is 5.15. The van der Waals surface area contributed by atoms with Crippen LogP contribution in [0.3, 0.4) is 0 Å². The molecule has 0 bridgehead atoms. The van der Waals surface area contributed by atoms with Gasteiger partial charge in [0.25, 0.3) is 0 Å². The third kappa shape index (κ3) is 1.16. The number of ether oxygens (including phenoxy) is 1. The summed E-state index contributed by atoms with van der Waals surface area (Å²) in [5.41, 5.74) is 2.72. The van der Waals surface area contributed by atoms with Crippen LogP contribution in [0.15, 0.2) is 36.4 Å². The van der Waals surface area contributed by atoms with Gasteiger partial charge in [0.05, 0.1) is 7.11 Å². The van der Waals surface area contributed by atoms with Gasteiger partial charge in [0.2, 0.25) is 0 Å². The van der Waals surface area contributed by atoms with Crippen LogP contribution in [-0.4, -0.2) is 7.11 Å². The molecule has 0 atom stereocenters. The van der Waals surface area contributed by atoms with Crippen molar-refractivity contribution in [3.05, 3.63) is 47.5 Å². The molecule has 0 unspecified atom stereocenters. The Morgan fingerprint density at radius 2 is 2.07 bits per heavy atom. The van der Waals surface area contributed by atoms with E-state index in [0.29, 0.717) is 0 Å². The van der Waals surface area contributed by atoms with Crippen molar-refractivity contribution in [1.82, 2.24) is 0 Å². The van der Waals surface area contributed by atoms with Gasteiger partial charge in [-0.2, -0.15) is 0 Å². The molecule has 0 saturated carbocycles. The highest BCUT2D eigenvalue weighted by molar-refractivity contribution is 5.95. The van der Waals surface area contributed by atoms with Crippen molar-refractivity contribution < 1.29 is 4.74 Å². The van der Waals surface area contributed by atoms with Crippen LogP contribution in [0.5, 0.6) is 5.75 Å². The van der Waals surface area contributed by atoms with E-state index in [1.165, 1.54) is 21.9 Å². The predicted octanol–water partition coefficient (Wildman–Crippen LogP) is 3.42. The molecule has 0 aliphatic heterocycles. The zero-order valence-electron chi connectivity index (χ0n) is 8.66. The summed E-state index contributed by atoms with van der Waals surface area (Å²) in [7, 11) is 1.73. The monoisotopic (exact) mass is 196 g/mol. The van der Waals surface area contributed by atoms with Crippen molar-refractivity contribution in [3.63, 3.8) is 0 Å². The summed E-state index contributed by atoms with van der Waals surface area (Å²) in [6.07, 6.45) is 5.41. The molecule has 0 spiro atoms. The molecule has 0 amide bonds. The smallest absolute Gasteiger partial charge is 0.126 e. The first kappa shape index (κ1) is 8.54.